The maximum Gasteiger partial charge on any atom is 0.265 e. The highest BCUT2D eigenvalue weighted by molar-refractivity contribution is 5.94. The fraction of sp³-hybridized carbons (Fsp3) is 0.381. The number of methoxy groups -OCH3 is 1. The van der Waals surface area contributed by atoms with Crippen molar-refractivity contribution in [1.82, 2.24) is 4.90 Å². The van der Waals surface area contributed by atoms with Crippen molar-refractivity contribution >= 4 is 11.6 Å². The van der Waals surface area contributed by atoms with Crippen LogP contribution in [0.15, 0.2) is 48.5 Å². The monoisotopic (exact) mass is 354 g/mol. The summed E-state index contributed by atoms with van der Waals surface area (Å²) >= 11 is 0. The van der Waals surface area contributed by atoms with Gasteiger partial charge >= 0.3 is 0 Å². The third-order valence-electron chi connectivity index (χ3n) is 4.61. The molecule has 2 aromatic rings. The number of likely N-dealkylation sites (tertiary alicyclic amines) is 1. The summed E-state index contributed by atoms with van der Waals surface area (Å²) in [4.78, 5) is 15.0. The van der Waals surface area contributed by atoms with Gasteiger partial charge in [-0.15, -0.1) is 0 Å². The highest BCUT2D eigenvalue weighted by Gasteiger charge is 2.18. The Balaban J connectivity index is 1.61. The van der Waals surface area contributed by atoms with Crippen LogP contribution in [-0.4, -0.2) is 37.1 Å². The first-order chi connectivity index (χ1) is 12.7. The largest absolute Gasteiger partial charge is 0.497 e. The summed E-state index contributed by atoms with van der Waals surface area (Å²) in [6, 6.07) is 15.2. The van der Waals surface area contributed by atoms with Gasteiger partial charge in [0.15, 0.2) is 6.10 Å². The van der Waals surface area contributed by atoms with Crippen molar-refractivity contribution in [2.24, 2.45) is 0 Å². The lowest BCUT2D eigenvalue weighted by Crippen LogP contribution is -2.31. The summed E-state index contributed by atoms with van der Waals surface area (Å²) in [6.45, 7) is 4.87. The van der Waals surface area contributed by atoms with Crippen LogP contribution in [0.4, 0.5) is 5.69 Å². The van der Waals surface area contributed by atoms with E-state index in [9.17, 15) is 4.79 Å². The number of para-hydroxylation sites is 1. The maximum absolute atomic E-state index is 12.6. The van der Waals surface area contributed by atoms with Gasteiger partial charge in [0.25, 0.3) is 5.91 Å². The number of hydrogen-bond donors (Lipinski definition) is 1. The fourth-order valence-electron chi connectivity index (χ4n) is 3.11. The van der Waals surface area contributed by atoms with Crippen LogP contribution >= 0.6 is 0 Å². The van der Waals surface area contributed by atoms with Crippen LogP contribution in [0.5, 0.6) is 11.5 Å². The van der Waals surface area contributed by atoms with Crippen molar-refractivity contribution in [2.75, 3.05) is 25.5 Å². The second-order valence-electron chi connectivity index (χ2n) is 6.57. The molecule has 1 N–H and O–H groups in total. The van der Waals surface area contributed by atoms with E-state index < -0.39 is 6.10 Å². The van der Waals surface area contributed by atoms with Crippen molar-refractivity contribution in [3.05, 3.63) is 54.1 Å². The number of anilines is 1. The molecule has 1 unspecified atom stereocenters. The number of nitrogens with one attached hydrogen (secondary N) is 1. The number of benzene rings is 2. The molecule has 5 nitrogen and oxygen atoms in total. The summed E-state index contributed by atoms with van der Waals surface area (Å²) < 4.78 is 10.9. The molecule has 1 aliphatic rings. The van der Waals surface area contributed by atoms with Crippen molar-refractivity contribution < 1.29 is 14.3 Å². The number of carbonyl (C=O) groups excluding carboxylic acids is 1. The van der Waals surface area contributed by atoms with Gasteiger partial charge in [0.05, 0.1) is 7.11 Å². The molecule has 0 bridgehead atoms. The molecule has 3 rings (SSSR count). The van der Waals surface area contributed by atoms with E-state index in [4.69, 9.17) is 9.47 Å². The van der Waals surface area contributed by atoms with E-state index in [2.05, 4.69) is 16.3 Å². The average molecular weight is 354 g/mol. The van der Waals surface area contributed by atoms with Gasteiger partial charge in [0.2, 0.25) is 0 Å². The predicted octanol–water partition coefficient (Wildman–Crippen LogP) is 3.70. The van der Waals surface area contributed by atoms with Crippen LogP contribution < -0.4 is 14.8 Å². The second-order valence-corrected chi connectivity index (χ2v) is 6.57. The molecule has 0 saturated carbocycles. The first-order valence-electron chi connectivity index (χ1n) is 9.07. The molecule has 0 radical (unpaired) electrons. The van der Waals surface area contributed by atoms with Gasteiger partial charge in [-0.1, -0.05) is 18.2 Å². The second kappa shape index (κ2) is 8.72. The highest BCUT2D eigenvalue weighted by Crippen LogP contribution is 2.21. The maximum atomic E-state index is 12.6. The minimum Gasteiger partial charge on any atom is -0.497 e. The molecule has 2 aromatic carbocycles. The Labute approximate surface area is 154 Å². The number of nitrogens with zero attached hydrogens (tertiary/aromatic N) is 1. The Kier molecular flexibility index (Phi) is 6.12. The number of rotatable bonds is 7. The Morgan fingerprint density at radius 1 is 1.08 bits per heavy atom. The smallest absolute Gasteiger partial charge is 0.265 e. The SMILES string of the molecule is COc1ccc(OC(C)C(=O)Nc2ccccc2CN2CCCC2)cc1. The zero-order valence-corrected chi connectivity index (χ0v) is 15.4. The predicted molar refractivity (Wildman–Crippen MR) is 103 cm³/mol. The van der Waals surface area contributed by atoms with Gasteiger partial charge in [0.1, 0.15) is 11.5 Å². The zero-order valence-electron chi connectivity index (χ0n) is 15.4. The van der Waals surface area contributed by atoms with E-state index in [0.29, 0.717) is 5.75 Å². The molecule has 1 aliphatic heterocycles. The average Bonchev–Trinajstić information content (AvgIpc) is 3.17. The molecule has 0 aliphatic carbocycles. The molecule has 0 aromatic heterocycles. The zero-order chi connectivity index (χ0) is 18.4. The van der Waals surface area contributed by atoms with Crippen LogP contribution in [0.25, 0.3) is 0 Å². The van der Waals surface area contributed by atoms with Gasteiger partial charge in [0, 0.05) is 12.2 Å². The lowest BCUT2D eigenvalue weighted by Gasteiger charge is -2.19. The van der Waals surface area contributed by atoms with Crippen LogP contribution in [0.3, 0.4) is 0 Å². The van der Waals surface area contributed by atoms with Crippen LogP contribution in [0.2, 0.25) is 0 Å². The van der Waals surface area contributed by atoms with E-state index >= 15 is 0 Å². The fourth-order valence-corrected chi connectivity index (χ4v) is 3.11. The number of amides is 1. The van der Waals surface area contributed by atoms with E-state index in [0.717, 1.165) is 36.6 Å². The number of carbonyl (C=O) groups is 1. The lowest BCUT2D eigenvalue weighted by molar-refractivity contribution is -0.122. The molecule has 1 amide bonds. The quantitative estimate of drug-likeness (QED) is 0.824. The van der Waals surface area contributed by atoms with Gasteiger partial charge < -0.3 is 14.8 Å². The van der Waals surface area contributed by atoms with Gasteiger partial charge in [-0.2, -0.15) is 0 Å². The normalized spacial score (nSPS) is 15.5. The summed E-state index contributed by atoms with van der Waals surface area (Å²) in [5, 5.41) is 3.01. The van der Waals surface area contributed by atoms with Crippen LogP contribution in [0.1, 0.15) is 25.3 Å². The van der Waals surface area contributed by atoms with Crippen LogP contribution in [-0.2, 0) is 11.3 Å². The minimum atomic E-state index is -0.594. The Morgan fingerprint density at radius 2 is 1.73 bits per heavy atom. The first-order valence-corrected chi connectivity index (χ1v) is 9.07. The van der Waals surface area contributed by atoms with E-state index in [1.54, 1.807) is 26.2 Å². The van der Waals surface area contributed by atoms with Crippen molar-refractivity contribution in [1.29, 1.82) is 0 Å². The number of hydrogen-bond acceptors (Lipinski definition) is 4. The third kappa shape index (κ3) is 4.76. The molecule has 26 heavy (non-hydrogen) atoms. The Morgan fingerprint density at radius 3 is 2.42 bits per heavy atom. The van der Waals surface area contributed by atoms with Gasteiger partial charge in [-0.05, 0) is 68.8 Å². The van der Waals surface area contributed by atoms with Gasteiger partial charge in [-0.3, -0.25) is 9.69 Å². The molecule has 1 heterocycles. The highest BCUT2D eigenvalue weighted by atomic mass is 16.5. The summed E-state index contributed by atoms with van der Waals surface area (Å²) in [5.74, 6) is 1.23. The summed E-state index contributed by atoms with van der Waals surface area (Å²) in [7, 11) is 1.62. The summed E-state index contributed by atoms with van der Waals surface area (Å²) in [5.41, 5.74) is 1.99. The molecule has 0 spiro atoms. The van der Waals surface area contributed by atoms with Crippen LogP contribution in [0, 0.1) is 0 Å². The van der Waals surface area contributed by atoms with Crippen molar-refractivity contribution in [2.45, 2.75) is 32.4 Å². The van der Waals surface area contributed by atoms with E-state index in [1.807, 2.05) is 30.3 Å². The molecule has 1 atom stereocenters. The number of ether oxygens (including phenoxy) is 2. The van der Waals surface area contributed by atoms with E-state index in [1.165, 1.54) is 12.8 Å². The molecular formula is C21H26N2O3. The van der Waals surface area contributed by atoms with Gasteiger partial charge in [-0.25, -0.2) is 0 Å². The van der Waals surface area contributed by atoms with Crippen molar-refractivity contribution in [3.63, 3.8) is 0 Å². The Bertz CT molecular complexity index is 724. The molecule has 138 valence electrons. The standard InChI is InChI=1S/C21H26N2O3/c1-16(26-19-11-9-18(25-2)10-12-19)21(24)22-20-8-4-3-7-17(20)15-23-13-5-6-14-23/h3-4,7-12,16H,5-6,13-15H2,1-2H3,(H,22,24). The molecule has 1 fully saturated rings. The third-order valence-corrected chi connectivity index (χ3v) is 4.61. The molecule has 5 heteroatoms. The molecular weight excluding hydrogens is 328 g/mol. The van der Waals surface area contributed by atoms with Crippen molar-refractivity contribution in [3.8, 4) is 11.5 Å². The first kappa shape index (κ1) is 18.3. The summed E-state index contributed by atoms with van der Waals surface area (Å²) in [6.07, 6.45) is 1.91. The Hall–Kier alpha value is -2.53. The molecule has 1 saturated heterocycles. The minimum absolute atomic E-state index is 0.158. The topological polar surface area (TPSA) is 50.8 Å². The van der Waals surface area contributed by atoms with E-state index in [-0.39, 0.29) is 5.91 Å². The lowest BCUT2D eigenvalue weighted by atomic mass is 10.1.